The molecule has 0 spiro atoms. The molecule has 0 aliphatic carbocycles. The smallest absolute Gasteiger partial charge is 0.259 e. The van der Waals surface area contributed by atoms with Crippen LogP contribution in [0, 0.1) is 12.7 Å². The highest BCUT2D eigenvalue weighted by molar-refractivity contribution is 9.10. The highest BCUT2D eigenvalue weighted by Gasteiger charge is 2.20. The van der Waals surface area contributed by atoms with Gasteiger partial charge in [0.15, 0.2) is 0 Å². The molecule has 4 aromatic rings. The number of anilines is 3. The van der Waals surface area contributed by atoms with Crippen LogP contribution in [0.25, 0.3) is 11.0 Å². The number of benzene rings is 3. The molecule has 0 radical (unpaired) electrons. The molecule has 11 heteroatoms. The van der Waals surface area contributed by atoms with Gasteiger partial charge >= 0.3 is 0 Å². The number of imidazole rings is 1. The number of halogens is 4. The van der Waals surface area contributed by atoms with Crippen LogP contribution in [0.3, 0.4) is 0 Å². The van der Waals surface area contributed by atoms with Crippen LogP contribution >= 0.6 is 39.9 Å². The van der Waals surface area contributed by atoms with Crippen LogP contribution in [0.1, 0.15) is 26.3 Å². The van der Waals surface area contributed by atoms with E-state index in [1.54, 1.807) is 42.2 Å². The third-order valence-corrected chi connectivity index (χ3v) is 6.28. The number of carbonyl (C=O) groups is 2. The van der Waals surface area contributed by atoms with E-state index < -0.39 is 17.6 Å². The van der Waals surface area contributed by atoms with Crippen LogP contribution in [-0.2, 0) is 0 Å². The van der Waals surface area contributed by atoms with E-state index in [1.165, 1.54) is 18.2 Å². The Labute approximate surface area is 220 Å². The Bertz CT molecular complexity index is 1420. The SMILES string of the molecule is Cc1c(Cl)cccc1NC(=O)c1cc(NC(=O)c2c(F)cccc2Br)cc2[nH]c(N(C)C)nc12.Cl. The summed E-state index contributed by atoms with van der Waals surface area (Å²) in [6.07, 6.45) is 0. The van der Waals surface area contributed by atoms with Crippen molar-refractivity contribution in [1.82, 2.24) is 9.97 Å². The van der Waals surface area contributed by atoms with E-state index in [0.29, 0.717) is 37.9 Å². The number of amides is 2. The van der Waals surface area contributed by atoms with E-state index in [9.17, 15) is 14.0 Å². The number of rotatable bonds is 5. The number of aromatic amines is 1. The lowest BCUT2D eigenvalue weighted by Gasteiger charge is -2.12. The summed E-state index contributed by atoms with van der Waals surface area (Å²) < 4.78 is 14.6. The van der Waals surface area contributed by atoms with Gasteiger partial charge in [-0.2, -0.15) is 0 Å². The third kappa shape index (κ3) is 5.42. The fourth-order valence-corrected chi connectivity index (χ4v) is 4.10. The molecule has 1 heterocycles. The standard InChI is InChI=1S/C24H20BrClFN5O2.ClH/c1-12-16(26)7-5-9-18(12)29-22(33)14-10-13(11-19-21(14)31-24(30-19)32(2)3)28-23(34)20-15(25)6-4-8-17(20)27;/h4-11H,1-3H3,(H,28,34)(H,29,33)(H,30,31);1H. The first-order chi connectivity index (χ1) is 16.2. The lowest BCUT2D eigenvalue weighted by molar-refractivity contribution is 0.101. The lowest BCUT2D eigenvalue weighted by Crippen LogP contribution is -2.17. The lowest BCUT2D eigenvalue weighted by atomic mass is 10.1. The summed E-state index contributed by atoms with van der Waals surface area (Å²) in [4.78, 5) is 35.5. The monoisotopic (exact) mass is 579 g/mol. The van der Waals surface area contributed by atoms with Gasteiger partial charge in [-0.1, -0.05) is 23.7 Å². The molecule has 4 rings (SSSR count). The van der Waals surface area contributed by atoms with Gasteiger partial charge in [0, 0.05) is 35.0 Å². The van der Waals surface area contributed by atoms with E-state index in [4.69, 9.17) is 11.6 Å². The van der Waals surface area contributed by atoms with E-state index in [1.807, 2.05) is 14.1 Å². The van der Waals surface area contributed by atoms with Gasteiger partial charge in [-0.05, 0) is 64.8 Å². The summed E-state index contributed by atoms with van der Waals surface area (Å²) in [6.45, 7) is 1.80. The molecule has 0 atom stereocenters. The van der Waals surface area contributed by atoms with Crippen molar-refractivity contribution in [2.45, 2.75) is 6.92 Å². The molecule has 1 aromatic heterocycles. The van der Waals surface area contributed by atoms with Crippen molar-refractivity contribution >= 4 is 80.1 Å². The molecule has 0 bridgehead atoms. The molecule has 0 saturated heterocycles. The molecule has 3 aromatic carbocycles. The highest BCUT2D eigenvalue weighted by Crippen LogP contribution is 2.29. The minimum Gasteiger partial charge on any atom is -0.349 e. The van der Waals surface area contributed by atoms with Crippen LogP contribution in [0.15, 0.2) is 53.0 Å². The van der Waals surface area contributed by atoms with Gasteiger partial charge in [-0.15, -0.1) is 12.4 Å². The van der Waals surface area contributed by atoms with Crippen molar-refractivity contribution in [3.63, 3.8) is 0 Å². The average molecular weight is 581 g/mol. The first-order valence-corrected chi connectivity index (χ1v) is 11.4. The first-order valence-electron chi connectivity index (χ1n) is 10.2. The van der Waals surface area contributed by atoms with Crippen molar-refractivity contribution in [3.05, 3.63) is 80.5 Å². The molecule has 0 aliphatic rings. The Hall–Kier alpha value is -3.14. The van der Waals surface area contributed by atoms with E-state index in [-0.39, 0.29) is 23.5 Å². The first kappa shape index (κ1) is 26.5. The zero-order valence-electron chi connectivity index (χ0n) is 18.9. The number of hydrogen-bond acceptors (Lipinski definition) is 4. The summed E-state index contributed by atoms with van der Waals surface area (Å²) >= 11 is 9.40. The molecule has 35 heavy (non-hydrogen) atoms. The normalized spacial score (nSPS) is 10.6. The van der Waals surface area contributed by atoms with Gasteiger partial charge in [-0.25, -0.2) is 9.37 Å². The fraction of sp³-hybridized carbons (Fsp3) is 0.125. The largest absolute Gasteiger partial charge is 0.349 e. The second kappa shape index (κ2) is 10.6. The second-order valence-corrected chi connectivity index (χ2v) is 9.05. The zero-order valence-corrected chi connectivity index (χ0v) is 22.0. The van der Waals surface area contributed by atoms with Crippen molar-refractivity contribution in [2.24, 2.45) is 0 Å². The minimum atomic E-state index is -0.668. The zero-order chi connectivity index (χ0) is 24.6. The molecule has 7 nitrogen and oxygen atoms in total. The summed E-state index contributed by atoms with van der Waals surface area (Å²) in [7, 11) is 3.62. The van der Waals surface area contributed by atoms with Gasteiger partial charge in [0.25, 0.3) is 11.8 Å². The molecule has 0 unspecified atom stereocenters. The predicted octanol–water partition coefficient (Wildman–Crippen LogP) is 6.42. The number of hydrogen-bond donors (Lipinski definition) is 3. The molecule has 2 amide bonds. The van der Waals surface area contributed by atoms with Crippen LogP contribution in [-0.4, -0.2) is 35.9 Å². The van der Waals surface area contributed by atoms with Crippen molar-refractivity contribution in [3.8, 4) is 0 Å². The van der Waals surface area contributed by atoms with E-state index >= 15 is 0 Å². The molecule has 0 fully saturated rings. The van der Waals surface area contributed by atoms with Gasteiger partial charge < -0.3 is 20.5 Å². The third-order valence-electron chi connectivity index (χ3n) is 5.21. The maximum atomic E-state index is 14.3. The summed E-state index contributed by atoms with van der Waals surface area (Å²) in [5, 5.41) is 6.06. The van der Waals surface area contributed by atoms with Crippen molar-refractivity contribution in [1.29, 1.82) is 0 Å². The van der Waals surface area contributed by atoms with Gasteiger partial charge in [-0.3, -0.25) is 9.59 Å². The number of aromatic nitrogens is 2. The summed E-state index contributed by atoms with van der Waals surface area (Å²) in [5.74, 6) is -1.23. The Morgan fingerprint density at radius 2 is 1.80 bits per heavy atom. The second-order valence-electron chi connectivity index (χ2n) is 7.79. The highest BCUT2D eigenvalue weighted by atomic mass is 79.9. The number of carbonyl (C=O) groups excluding carboxylic acids is 2. The Morgan fingerprint density at radius 1 is 1.09 bits per heavy atom. The number of nitrogens with one attached hydrogen (secondary N) is 3. The van der Waals surface area contributed by atoms with Gasteiger partial charge in [0.2, 0.25) is 5.95 Å². The van der Waals surface area contributed by atoms with E-state index in [2.05, 4.69) is 36.5 Å². The maximum Gasteiger partial charge on any atom is 0.259 e. The Kier molecular flexibility index (Phi) is 8.04. The summed E-state index contributed by atoms with van der Waals surface area (Å²) in [6, 6.07) is 12.6. The summed E-state index contributed by atoms with van der Waals surface area (Å²) in [5.41, 5.74) is 2.62. The molecule has 0 aliphatic heterocycles. The number of fused-ring (bicyclic) bond motifs is 1. The minimum absolute atomic E-state index is 0. The van der Waals surface area contributed by atoms with Gasteiger partial charge in [0.1, 0.15) is 11.3 Å². The quantitative estimate of drug-likeness (QED) is 0.254. The Morgan fingerprint density at radius 3 is 2.49 bits per heavy atom. The molecule has 3 N–H and O–H groups in total. The number of H-pyrrole nitrogens is 1. The Balaban J connectivity index is 0.00000342. The predicted molar refractivity (Wildman–Crippen MR) is 144 cm³/mol. The van der Waals surface area contributed by atoms with Crippen LogP contribution in [0.4, 0.5) is 21.7 Å². The van der Waals surface area contributed by atoms with Crippen LogP contribution in [0.2, 0.25) is 5.02 Å². The molecular weight excluding hydrogens is 560 g/mol. The van der Waals surface area contributed by atoms with E-state index in [0.717, 1.165) is 5.56 Å². The number of nitrogens with zero attached hydrogens (tertiary/aromatic N) is 2. The fourth-order valence-electron chi connectivity index (χ4n) is 3.40. The molecular formula is C24H21BrCl2FN5O2. The average Bonchev–Trinajstić information content (AvgIpc) is 3.21. The van der Waals surface area contributed by atoms with Crippen LogP contribution in [0.5, 0.6) is 0 Å². The van der Waals surface area contributed by atoms with Crippen molar-refractivity contribution < 1.29 is 14.0 Å². The van der Waals surface area contributed by atoms with Crippen LogP contribution < -0.4 is 15.5 Å². The molecule has 0 saturated carbocycles. The molecule has 182 valence electrons. The van der Waals surface area contributed by atoms with Gasteiger partial charge in [0.05, 0.1) is 16.6 Å². The topological polar surface area (TPSA) is 90.1 Å². The van der Waals surface area contributed by atoms with Crippen molar-refractivity contribution in [2.75, 3.05) is 29.6 Å². The maximum absolute atomic E-state index is 14.3.